The third-order valence-corrected chi connectivity index (χ3v) is 6.21. The van der Waals surface area contributed by atoms with E-state index in [-0.39, 0.29) is 10.8 Å². The van der Waals surface area contributed by atoms with E-state index in [2.05, 4.69) is 118 Å². The van der Waals surface area contributed by atoms with Crippen LogP contribution in [0.1, 0.15) is 38.8 Å². The molecule has 0 radical (unpaired) electrons. The molecule has 2 heterocycles. The lowest BCUT2D eigenvalue weighted by Crippen LogP contribution is -2.27. The normalized spacial score (nSPS) is 20.4. The van der Waals surface area contributed by atoms with Crippen molar-refractivity contribution >= 4 is 17.1 Å². The number of nitrogens with zero attached hydrogens (tertiary/aromatic N) is 2. The molecule has 0 fully saturated rings. The van der Waals surface area contributed by atoms with E-state index in [4.69, 9.17) is 0 Å². The standard InChI is InChI=1S/C25H27N2/c1-24(2)18-12-7-9-14-20(18)26(5)22(24)16-11-17-23-25(3,4)19-13-8-10-15-21(19)27(23)6/h7-10,12-16H,1-6H3/q+1. The highest BCUT2D eigenvalue weighted by molar-refractivity contribution is 6.07. The van der Waals surface area contributed by atoms with Gasteiger partial charge in [0.15, 0.2) is 0 Å². The SMILES string of the molecule is CN1C(=CC#CC2=[N+](C)c3ccccc3C2(C)C)C(C)(C)c2ccccc21. The van der Waals surface area contributed by atoms with Gasteiger partial charge < -0.3 is 4.90 Å². The van der Waals surface area contributed by atoms with E-state index in [9.17, 15) is 0 Å². The Labute approximate surface area is 162 Å². The Morgan fingerprint density at radius 2 is 1.52 bits per heavy atom. The van der Waals surface area contributed by atoms with Crippen molar-refractivity contribution in [3.63, 3.8) is 0 Å². The molecule has 4 rings (SSSR count). The summed E-state index contributed by atoms with van der Waals surface area (Å²) in [5.41, 5.74) is 7.51. The third kappa shape index (κ3) is 2.46. The predicted octanol–water partition coefficient (Wildman–Crippen LogP) is 5.01. The van der Waals surface area contributed by atoms with Crippen molar-refractivity contribution in [2.75, 3.05) is 19.0 Å². The summed E-state index contributed by atoms with van der Waals surface area (Å²) in [6.07, 6.45) is 2.10. The molecule has 0 unspecified atom stereocenters. The van der Waals surface area contributed by atoms with Crippen LogP contribution in [-0.4, -0.2) is 24.4 Å². The van der Waals surface area contributed by atoms with E-state index in [0.717, 1.165) is 5.71 Å². The van der Waals surface area contributed by atoms with Gasteiger partial charge in [-0.3, -0.25) is 0 Å². The maximum absolute atomic E-state index is 3.47. The fourth-order valence-corrected chi connectivity index (χ4v) is 4.63. The number of para-hydroxylation sites is 2. The van der Waals surface area contributed by atoms with Gasteiger partial charge in [0.25, 0.3) is 0 Å². The maximum atomic E-state index is 3.47. The average molecular weight is 356 g/mol. The fraction of sp³-hybridized carbons (Fsp3) is 0.320. The Balaban J connectivity index is 1.74. The molecular formula is C25H27N2+. The molecule has 0 amide bonds. The van der Waals surface area contributed by atoms with Gasteiger partial charge in [-0.1, -0.05) is 56.2 Å². The van der Waals surface area contributed by atoms with Gasteiger partial charge in [0, 0.05) is 47.5 Å². The van der Waals surface area contributed by atoms with Crippen LogP contribution >= 0.6 is 0 Å². The number of hydrogen-bond acceptors (Lipinski definition) is 1. The second-order valence-electron chi connectivity index (χ2n) is 8.55. The highest BCUT2D eigenvalue weighted by Crippen LogP contribution is 2.46. The summed E-state index contributed by atoms with van der Waals surface area (Å²) in [5, 5.41) is 0. The zero-order valence-electron chi connectivity index (χ0n) is 17.1. The van der Waals surface area contributed by atoms with E-state index in [1.807, 2.05) is 0 Å². The molecule has 2 nitrogen and oxygen atoms in total. The smallest absolute Gasteiger partial charge is 0.243 e. The van der Waals surface area contributed by atoms with Crippen molar-refractivity contribution < 1.29 is 4.58 Å². The van der Waals surface area contributed by atoms with Crippen LogP contribution in [0.3, 0.4) is 0 Å². The molecule has 2 heteroatoms. The fourth-order valence-electron chi connectivity index (χ4n) is 4.63. The molecule has 2 aliphatic rings. The molecule has 0 aliphatic carbocycles. The molecular weight excluding hydrogens is 328 g/mol. The summed E-state index contributed by atoms with van der Waals surface area (Å²) >= 11 is 0. The Hall–Kier alpha value is -2.79. The summed E-state index contributed by atoms with van der Waals surface area (Å²) in [5.74, 6) is 6.85. The van der Waals surface area contributed by atoms with Crippen molar-refractivity contribution in [3.8, 4) is 11.8 Å². The third-order valence-electron chi connectivity index (χ3n) is 6.21. The molecule has 2 aliphatic heterocycles. The topological polar surface area (TPSA) is 6.25 Å². The number of fused-ring (bicyclic) bond motifs is 2. The lowest BCUT2D eigenvalue weighted by molar-refractivity contribution is -0.401. The van der Waals surface area contributed by atoms with E-state index in [1.165, 1.54) is 28.2 Å². The Bertz CT molecular complexity index is 1050. The summed E-state index contributed by atoms with van der Waals surface area (Å²) in [6, 6.07) is 17.2. The highest BCUT2D eigenvalue weighted by atomic mass is 15.2. The van der Waals surface area contributed by atoms with E-state index >= 15 is 0 Å². The molecule has 27 heavy (non-hydrogen) atoms. The molecule has 2 aromatic rings. The van der Waals surface area contributed by atoms with Gasteiger partial charge in [-0.2, -0.15) is 4.58 Å². The lowest BCUT2D eigenvalue weighted by atomic mass is 9.81. The second-order valence-corrected chi connectivity index (χ2v) is 8.55. The van der Waals surface area contributed by atoms with E-state index < -0.39 is 0 Å². The Morgan fingerprint density at radius 3 is 2.19 bits per heavy atom. The van der Waals surface area contributed by atoms with E-state index in [0.29, 0.717) is 0 Å². The summed E-state index contributed by atoms with van der Waals surface area (Å²) in [6.45, 7) is 9.07. The van der Waals surface area contributed by atoms with Crippen LogP contribution in [0.2, 0.25) is 0 Å². The van der Waals surface area contributed by atoms with Crippen LogP contribution in [0, 0.1) is 11.8 Å². The molecule has 0 N–H and O–H groups in total. The van der Waals surface area contributed by atoms with Gasteiger partial charge in [-0.15, -0.1) is 0 Å². The molecule has 136 valence electrons. The average Bonchev–Trinajstić information content (AvgIpc) is 2.96. The van der Waals surface area contributed by atoms with Crippen molar-refractivity contribution in [2.45, 2.75) is 38.5 Å². The first kappa shape index (κ1) is 17.6. The van der Waals surface area contributed by atoms with Gasteiger partial charge in [-0.05, 0) is 25.5 Å². The highest BCUT2D eigenvalue weighted by Gasteiger charge is 2.43. The van der Waals surface area contributed by atoms with Crippen LogP contribution in [0.5, 0.6) is 0 Å². The zero-order chi connectivity index (χ0) is 19.4. The molecule has 0 aromatic heterocycles. The Kier molecular flexibility index (Phi) is 3.82. The summed E-state index contributed by atoms with van der Waals surface area (Å²) in [7, 11) is 4.25. The van der Waals surface area contributed by atoms with Crippen LogP contribution in [0.4, 0.5) is 11.4 Å². The Morgan fingerprint density at radius 1 is 0.889 bits per heavy atom. The summed E-state index contributed by atoms with van der Waals surface area (Å²) in [4.78, 5) is 2.27. The first-order valence-electron chi connectivity index (χ1n) is 9.52. The monoisotopic (exact) mass is 355 g/mol. The van der Waals surface area contributed by atoms with Gasteiger partial charge in [0.1, 0.15) is 7.05 Å². The largest absolute Gasteiger partial charge is 0.346 e. The van der Waals surface area contributed by atoms with Gasteiger partial charge >= 0.3 is 0 Å². The number of anilines is 1. The lowest BCUT2D eigenvalue weighted by Gasteiger charge is -2.23. The van der Waals surface area contributed by atoms with E-state index in [1.54, 1.807) is 0 Å². The molecule has 0 saturated carbocycles. The van der Waals surface area contributed by atoms with Crippen LogP contribution in [-0.2, 0) is 10.8 Å². The molecule has 2 aromatic carbocycles. The number of benzene rings is 2. The molecule has 0 spiro atoms. The number of rotatable bonds is 0. The van der Waals surface area contributed by atoms with Crippen molar-refractivity contribution in [3.05, 3.63) is 71.4 Å². The molecule has 0 saturated heterocycles. The molecule has 0 bridgehead atoms. The van der Waals surface area contributed by atoms with Gasteiger partial charge in [-0.25, -0.2) is 0 Å². The maximum Gasteiger partial charge on any atom is 0.243 e. The quantitative estimate of drug-likeness (QED) is 0.476. The second kappa shape index (κ2) is 5.86. The van der Waals surface area contributed by atoms with Crippen LogP contribution < -0.4 is 4.90 Å². The zero-order valence-corrected chi connectivity index (χ0v) is 17.1. The van der Waals surface area contributed by atoms with Crippen molar-refractivity contribution in [2.24, 2.45) is 0 Å². The van der Waals surface area contributed by atoms with Crippen LogP contribution in [0.25, 0.3) is 0 Å². The van der Waals surface area contributed by atoms with Crippen LogP contribution in [0.15, 0.2) is 60.3 Å². The minimum Gasteiger partial charge on any atom is -0.346 e. The minimum absolute atomic E-state index is 0.0370. The number of allylic oxidation sites excluding steroid dienone is 2. The van der Waals surface area contributed by atoms with Crippen molar-refractivity contribution in [1.82, 2.24) is 0 Å². The molecule has 0 atom stereocenters. The predicted molar refractivity (Wildman–Crippen MR) is 114 cm³/mol. The van der Waals surface area contributed by atoms with Gasteiger partial charge in [0.2, 0.25) is 11.4 Å². The summed E-state index contributed by atoms with van der Waals surface area (Å²) < 4.78 is 2.24. The number of hydrogen-bond donors (Lipinski definition) is 0. The van der Waals surface area contributed by atoms with Gasteiger partial charge in [0.05, 0.1) is 5.41 Å². The first-order valence-corrected chi connectivity index (χ1v) is 9.52. The first-order chi connectivity index (χ1) is 12.8. The minimum atomic E-state index is -0.0725. The number of likely N-dealkylation sites (N-methyl/N-ethyl adjacent to an activating group) is 1. The van der Waals surface area contributed by atoms with Crippen molar-refractivity contribution in [1.29, 1.82) is 0 Å².